The minimum atomic E-state index is -4.43. The van der Waals surface area contributed by atoms with Crippen LogP contribution in [0.2, 0.25) is 0 Å². The molecular formula is C28H20F3N3O2. The molecule has 0 bridgehead atoms. The first-order valence-corrected chi connectivity index (χ1v) is 10.9. The fraction of sp³-hybridized carbons (Fsp3) is 0.0357. The molecule has 2 N–H and O–H groups in total. The van der Waals surface area contributed by atoms with E-state index in [0.717, 1.165) is 17.7 Å². The van der Waals surface area contributed by atoms with Gasteiger partial charge in [0.15, 0.2) is 0 Å². The van der Waals surface area contributed by atoms with Gasteiger partial charge in [0.05, 0.1) is 5.56 Å². The van der Waals surface area contributed by atoms with E-state index in [1.807, 2.05) is 0 Å². The van der Waals surface area contributed by atoms with Gasteiger partial charge < -0.3 is 10.6 Å². The molecule has 0 atom stereocenters. The molecule has 4 aromatic rings. The van der Waals surface area contributed by atoms with Gasteiger partial charge in [0.25, 0.3) is 5.91 Å². The summed E-state index contributed by atoms with van der Waals surface area (Å²) in [6.07, 6.45) is 0.153. The van der Waals surface area contributed by atoms with E-state index in [-0.39, 0.29) is 5.91 Å². The van der Waals surface area contributed by atoms with E-state index in [1.165, 1.54) is 18.2 Å². The predicted molar refractivity (Wildman–Crippen MR) is 133 cm³/mol. The lowest BCUT2D eigenvalue weighted by Crippen LogP contribution is -2.13. The third-order valence-corrected chi connectivity index (χ3v) is 5.21. The monoisotopic (exact) mass is 487 g/mol. The number of alkyl halides is 3. The summed E-state index contributed by atoms with van der Waals surface area (Å²) < 4.78 is 38.7. The number of aromatic nitrogens is 1. The average molecular weight is 487 g/mol. The molecule has 1 heterocycles. The molecular weight excluding hydrogens is 467 g/mol. The number of amides is 2. The number of pyridine rings is 1. The van der Waals surface area contributed by atoms with Crippen molar-refractivity contribution in [1.82, 2.24) is 4.98 Å². The van der Waals surface area contributed by atoms with E-state index in [4.69, 9.17) is 0 Å². The average Bonchev–Trinajstić information content (AvgIpc) is 2.88. The van der Waals surface area contributed by atoms with Gasteiger partial charge in [-0.25, -0.2) is 4.98 Å². The fourth-order valence-corrected chi connectivity index (χ4v) is 3.42. The summed E-state index contributed by atoms with van der Waals surface area (Å²) in [7, 11) is 0. The van der Waals surface area contributed by atoms with Gasteiger partial charge in [0, 0.05) is 23.5 Å². The van der Waals surface area contributed by atoms with Gasteiger partial charge in [0.1, 0.15) is 5.82 Å². The molecule has 2 amide bonds. The van der Waals surface area contributed by atoms with Crippen molar-refractivity contribution in [3.05, 3.63) is 120 Å². The van der Waals surface area contributed by atoms with E-state index in [0.29, 0.717) is 28.2 Å². The molecule has 0 aliphatic carbocycles. The number of carbonyl (C=O) groups excluding carboxylic acids is 2. The Balaban J connectivity index is 1.43. The fourth-order valence-electron chi connectivity index (χ4n) is 3.42. The SMILES string of the molecule is O=C(/C=C/c1ccc(NC(=O)c2ccccc2-c2ccc(C(F)(F)F)cc2)cc1)Nc1ccccn1. The number of halogens is 3. The van der Waals surface area contributed by atoms with Gasteiger partial charge in [0.2, 0.25) is 5.91 Å². The zero-order valence-electron chi connectivity index (χ0n) is 18.8. The third-order valence-electron chi connectivity index (χ3n) is 5.21. The summed E-state index contributed by atoms with van der Waals surface area (Å²) in [5, 5.41) is 5.45. The first-order chi connectivity index (χ1) is 17.3. The molecule has 5 nitrogen and oxygen atoms in total. The van der Waals surface area contributed by atoms with Crippen LogP contribution < -0.4 is 10.6 Å². The number of hydrogen-bond acceptors (Lipinski definition) is 3. The van der Waals surface area contributed by atoms with Crippen molar-refractivity contribution in [2.75, 3.05) is 10.6 Å². The second kappa shape index (κ2) is 10.7. The highest BCUT2D eigenvalue weighted by molar-refractivity contribution is 6.08. The van der Waals surface area contributed by atoms with Gasteiger partial charge >= 0.3 is 6.18 Å². The van der Waals surface area contributed by atoms with E-state index in [9.17, 15) is 22.8 Å². The van der Waals surface area contributed by atoms with Crippen LogP contribution in [0.15, 0.2) is 103 Å². The number of benzene rings is 3. The van der Waals surface area contributed by atoms with Crippen LogP contribution in [0.3, 0.4) is 0 Å². The molecule has 0 unspecified atom stereocenters. The Bertz CT molecular complexity index is 1380. The molecule has 4 rings (SSSR count). The van der Waals surface area contributed by atoms with Crippen LogP contribution >= 0.6 is 0 Å². The maximum atomic E-state index is 12.9. The third kappa shape index (κ3) is 6.24. The first-order valence-electron chi connectivity index (χ1n) is 10.9. The molecule has 0 spiro atoms. The molecule has 36 heavy (non-hydrogen) atoms. The molecule has 3 aromatic carbocycles. The molecule has 0 aliphatic heterocycles. The van der Waals surface area contributed by atoms with Crippen LogP contribution in [0.5, 0.6) is 0 Å². The number of hydrogen-bond donors (Lipinski definition) is 2. The van der Waals surface area contributed by atoms with Crippen LogP contribution in [-0.4, -0.2) is 16.8 Å². The van der Waals surface area contributed by atoms with Gasteiger partial charge in [-0.2, -0.15) is 13.2 Å². The van der Waals surface area contributed by atoms with Crippen LogP contribution in [0.4, 0.5) is 24.7 Å². The normalized spacial score (nSPS) is 11.3. The molecule has 0 saturated carbocycles. The van der Waals surface area contributed by atoms with Crippen LogP contribution in [0, 0.1) is 0 Å². The smallest absolute Gasteiger partial charge is 0.322 e. The second-order valence-electron chi connectivity index (χ2n) is 7.73. The van der Waals surface area contributed by atoms with Crippen molar-refractivity contribution in [2.24, 2.45) is 0 Å². The number of nitrogens with zero attached hydrogens (tertiary/aromatic N) is 1. The molecule has 0 aliphatic rings. The highest BCUT2D eigenvalue weighted by Crippen LogP contribution is 2.32. The van der Waals surface area contributed by atoms with Crippen molar-refractivity contribution in [2.45, 2.75) is 6.18 Å². The molecule has 8 heteroatoms. The number of carbonyl (C=O) groups is 2. The quantitative estimate of drug-likeness (QED) is 0.298. The van der Waals surface area contributed by atoms with E-state index >= 15 is 0 Å². The van der Waals surface area contributed by atoms with Gasteiger partial charge in [-0.15, -0.1) is 0 Å². The van der Waals surface area contributed by atoms with E-state index in [2.05, 4.69) is 15.6 Å². The second-order valence-corrected chi connectivity index (χ2v) is 7.73. The first kappa shape index (κ1) is 24.4. The zero-order valence-corrected chi connectivity index (χ0v) is 18.8. The van der Waals surface area contributed by atoms with E-state index < -0.39 is 17.6 Å². The lowest BCUT2D eigenvalue weighted by atomic mass is 9.98. The van der Waals surface area contributed by atoms with Crippen molar-refractivity contribution < 1.29 is 22.8 Å². The summed E-state index contributed by atoms with van der Waals surface area (Å²) >= 11 is 0. The summed E-state index contributed by atoms with van der Waals surface area (Å²) in [5.41, 5.74) is 1.86. The molecule has 0 saturated heterocycles. The molecule has 180 valence electrons. The molecule has 0 radical (unpaired) electrons. The van der Waals surface area contributed by atoms with Crippen molar-refractivity contribution in [3.63, 3.8) is 0 Å². The summed E-state index contributed by atoms with van der Waals surface area (Å²) in [5.74, 6) is -0.281. The summed E-state index contributed by atoms with van der Waals surface area (Å²) in [4.78, 5) is 29.0. The lowest BCUT2D eigenvalue weighted by molar-refractivity contribution is -0.137. The lowest BCUT2D eigenvalue weighted by Gasteiger charge is -2.12. The largest absolute Gasteiger partial charge is 0.416 e. The highest BCUT2D eigenvalue weighted by atomic mass is 19.4. The Hall–Kier alpha value is -4.72. The molecule has 0 fully saturated rings. The van der Waals surface area contributed by atoms with Crippen LogP contribution in [-0.2, 0) is 11.0 Å². The van der Waals surface area contributed by atoms with Crippen LogP contribution in [0.25, 0.3) is 17.2 Å². The Morgan fingerprint density at radius 1 is 0.778 bits per heavy atom. The summed E-state index contributed by atoms with van der Waals surface area (Å²) in [6.45, 7) is 0. The highest BCUT2D eigenvalue weighted by Gasteiger charge is 2.30. The van der Waals surface area contributed by atoms with Crippen molar-refractivity contribution in [1.29, 1.82) is 0 Å². The van der Waals surface area contributed by atoms with Gasteiger partial charge in [-0.1, -0.05) is 48.5 Å². The molecule has 1 aromatic heterocycles. The Labute approximate surface area is 205 Å². The van der Waals surface area contributed by atoms with Crippen molar-refractivity contribution >= 4 is 29.4 Å². The standard InChI is InChI=1S/C28H20F3N3O2/c29-28(30,31)21-13-11-20(12-14-21)23-5-1-2-6-24(23)27(36)33-22-15-8-19(9-16-22)10-17-26(35)34-25-7-3-4-18-32-25/h1-18H,(H,33,36)(H,32,34,35)/b17-10+. The van der Waals surface area contributed by atoms with Gasteiger partial charge in [-0.05, 0) is 65.2 Å². The minimum Gasteiger partial charge on any atom is -0.322 e. The van der Waals surface area contributed by atoms with E-state index in [1.54, 1.807) is 79.0 Å². The Morgan fingerprint density at radius 2 is 1.47 bits per heavy atom. The van der Waals surface area contributed by atoms with Crippen molar-refractivity contribution in [3.8, 4) is 11.1 Å². The minimum absolute atomic E-state index is 0.326. The number of rotatable bonds is 6. The zero-order chi connectivity index (χ0) is 25.5. The number of nitrogens with one attached hydrogen (secondary N) is 2. The topological polar surface area (TPSA) is 71.1 Å². The van der Waals surface area contributed by atoms with Gasteiger partial charge in [-0.3, -0.25) is 9.59 Å². The number of anilines is 2. The Kier molecular flexibility index (Phi) is 7.25. The predicted octanol–water partition coefficient (Wildman–Crippen LogP) is 6.67. The summed E-state index contributed by atoms with van der Waals surface area (Å²) in [6, 6.07) is 23.4. The van der Waals surface area contributed by atoms with Crippen LogP contribution in [0.1, 0.15) is 21.5 Å². The maximum Gasteiger partial charge on any atom is 0.416 e. The Morgan fingerprint density at radius 3 is 2.14 bits per heavy atom. The maximum absolute atomic E-state index is 12.9.